The molecule has 4 bridgehead atoms. The van der Waals surface area contributed by atoms with Crippen LogP contribution in [0.4, 0.5) is 0 Å². The van der Waals surface area contributed by atoms with Crippen molar-refractivity contribution < 1.29 is 27.4 Å². The fourth-order valence-electron chi connectivity index (χ4n) is 9.15. The second kappa shape index (κ2) is 7.78. The zero-order chi connectivity index (χ0) is 25.9. The summed E-state index contributed by atoms with van der Waals surface area (Å²) < 4.78 is 46.3. The summed E-state index contributed by atoms with van der Waals surface area (Å²) in [4.78, 5) is 14.5. The van der Waals surface area contributed by atoms with Crippen molar-refractivity contribution in [3.8, 4) is 0 Å². The lowest BCUT2D eigenvalue weighted by Crippen LogP contribution is -2.50. The highest BCUT2D eigenvalue weighted by Crippen LogP contribution is 2.71. The first-order valence-corrected chi connectivity index (χ1v) is 15.0. The van der Waals surface area contributed by atoms with Crippen LogP contribution in [0.15, 0.2) is 47.1 Å². The minimum absolute atomic E-state index is 0.00726. The average Bonchev–Trinajstić information content (AvgIpc) is 3.53. The minimum Gasteiger partial charge on any atom is -0.380 e. The van der Waals surface area contributed by atoms with Gasteiger partial charge in [0.25, 0.3) is 5.91 Å². The van der Waals surface area contributed by atoms with Gasteiger partial charge in [0.15, 0.2) is 0 Å². The van der Waals surface area contributed by atoms with Crippen LogP contribution in [0.3, 0.4) is 0 Å². The van der Waals surface area contributed by atoms with E-state index in [0.717, 1.165) is 41.5 Å². The highest BCUT2D eigenvalue weighted by atomic mass is 32.2. The number of ether oxygens (including phenoxy) is 3. The number of hydrogen-bond acceptors (Lipinski definition) is 6. The molecule has 1 aromatic carbocycles. The number of carbonyl (C=O) groups excluding carboxylic acids is 1. The van der Waals surface area contributed by atoms with Crippen LogP contribution in [-0.4, -0.2) is 70.1 Å². The zero-order valence-electron chi connectivity index (χ0n) is 21.9. The summed E-state index contributed by atoms with van der Waals surface area (Å²) in [6.07, 6.45) is 2.23. The summed E-state index contributed by atoms with van der Waals surface area (Å²) in [6.45, 7) is 5.29. The first-order chi connectivity index (χ1) is 17.7. The molecule has 2 saturated heterocycles. The third-order valence-corrected chi connectivity index (χ3v) is 12.8. The van der Waals surface area contributed by atoms with Crippen molar-refractivity contribution in [1.29, 1.82) is 0 Å². The van der Waals surface area contributed by atoms with Gasteiger partial charge in [-0.2, -0.15) is 0 Å². The van der Waals surface area contributed by atoms with E-state index in [9.17, 15) is 13.2 Å². The van der Waals surface area contributed by atoms with Crippen LogP contribution in [0.2, 0.25) is 0 Å². The normalized spacial score (nSPS) is 39.8. The van der Waals surface area contributed by atoms with Gasteiger partial charge in [0.1, 0.15) is 0 Å². The SMILES string of the molecule is COCC1=C(COC)[C@@H]2O[C@H]1[C@H]1C(C(=O)N3[C@@H]4C[C@H]5CC[C@]4(CS3(=O)=O)C5(C)C)=C(c3ccccc3)[C@H]12. The third kappa shape index (κ3) is 2.83. The van der Waals surface area contributed by atoms with Crippen molar-refractivity contribution in [1.82, 2.24) is 4.31 Å². The Hall–Kier alpha value is -2.00. The Kier molecular flexibility index (Phi) is 5.06. The van der Waals surface area contributed by atoms with Crippen LogP contribution in [0, 0.1) is 28.6 Å². The van der Waals surface area contributed by atoms with Gasteiger partial charge in [-0.3, -0.25) is 4.79 Å². The fourth-order valence-corrected chi connectivity index (χ4v) is 11.7. The molecule has 0 radical (unpaired) electrons. The van der Waals surface area contributed by atoms with Crippen molar-refractivity contribution in [3.63, 3.8) is 0 Å². The Balaban J connectivity index is 1.34. The number of nitrogens with zero attached hydrogens (tertiary/aromatic N) is 1. The van der Waals surface area contributed by atoms with Gasteiger partial charge < -0.3 is 14.2 Å². The standard InChI is InChI=1S/C29H35NO6S/c1-28(2)17-10-11-29(28)15-37(32,33)30(20(29)12-17)27(31)24-21(16-8-6-5-7-9-16)22-23(24)26-19(14-35-4)18(13-34-3)25(22)36-26/h5-9,17,20,22-23,25-26H,10-15H2,1-4H3/t17-,20-,22-,23-,25+,26-,29-/m1/s1. The molecule has 0 unspecified atom stereocenters. The lowest BCUT2D eigenvalue weighted by Gasteiger charge is -2.45. The lowest BCUT2D eigenvalue weighted by molar-refractivity contribution is -0.126. The highest BCUT2D eigenvalue weighted by molar-refractivity contribution is 7.90. The Labute approximate surface area is 218 Å². The maximum absolute atomic E-state index is 14.5. The van der Waals surface area contributed by atoms with Gasteiger partial charge in [0, 0.05) is 37.0 Å². The lowest BCUT2D eigenvalue weighted by atomic mass is 9.58. The van der Waals surface area contributed by atoms with Crippen molar-refractivity contribution >= 4 is 21.5 Å². The minimum atomic E-state index is -3.72. The number of carbonyl (C=O) groups is 1. The van der Waals surface area contributed by atoms with E-state index < -0.39 is 10.0 Å². The first-order valence-electron chi connectivity index (χ1n) is 13.4. The Morgan fingerprint density at radius 2 is 1.70 bits per heavy atom. The molecule has 4 fully saturated rings. The topological polar surface area (TPSA) is 82.1 Å². The summed E-state index contributed by atoms with van der Waals surface area (Å²) in [6, 6.07) is 9.67. The van der Waals surface area contributed by atoms with E-state index in [1.54, 1.807) is 14.2 Å². The van der Waals surface area contributed by atoms with Crippen molar-refractivity contribution in [2.24, 2.45) is 28.6 Å². The number of methoxy groups -OCH3 is 2. The molecule has 3 aliphatic carbocycles. The number of amides is 1. The Morgan fingerprint density at radius 1 is 1.05 bits per heavy atom. The highest BCUT2D eigenvalue weighted by Gasteiger charge is 2.73. The van der Waals surface area contributed by atoms with Gasteiger partial charge in [-0.1, -0.05) is 44.2 Å². The summed E-state index contributed by atoms with van der Waals surface area (Å²) in [5, 5.41) is 0. The molecule has 0 aromatic heterocycles. The molecular weight excluding hydrogens is 490 g/mol. The van der Waals surface area contributed by atoms with Crippen molar-refractivity contribution in [2.45, 2.75) is 51.4 Å². The fraction of sp³-hybridized carbons (Fsp3) is 0.621. The van der Waals surface area contributed by atoms with E-state index >= 15 is 0 Å². The maximum atomic E-state index is 14.5. The molecule has 0 N–H and O–H groups in total. The Morgan fingerprint density at radius 3 is 2.32 bits per heavy atom. The van der Waals surface area contributed by atoms with E-state index in [2.05, 4.69) is 13.8 Å². The monoisotopic (exact) mass is 525 g/mol. The summed E-state index contributed by atoms with van der Waals surface area (Å²) in [5.74, 6) is 0.0481. The number of sulfonamides is 1. The smallest absolute Gasteiger partial charge is 0.264 e. The first kappa shape index (κ1) is 24.1. The van der Waals surface area contributed by atoms with Gasteiger partial charge in [-0.25, -0.2) is 12.7 Å². The van der Waals surface area contributed by atoms with Crippen molar-refractivity contribution in [3.05, 3.63) is 52.6 Å². The molecule has 2 saturated carbocycles. The predicted molar refractivity (Wildman–Crippen MR) is 138 cm³/mol. The average molecular weight is 526 g/mol. The largest absolute Gasteiger partial charge is 0.380 e. The molecule has 3 aliphatic heterocycles. The Bertz CT molecular complexity index is 1350. The van der Waals surface area contributed by atoms with Gasteiger partial charge in [0.05, 0.1) is 37.2 Å². The number of hydrogen-bond donors (Lipinski definition) is 0. The zero-order valence-corrected chi connectivity index (χ0v) is 22.7. The van der Waals surface area contributed by atoms with Gasteiger partial charge in [-0.15, -0.1) is 0 Å². The van der Waals surface area contributed by atoms with E-state index in [1.807, 2.05) is 30.3 Å². The van der Waals surface area contributed by atoms with Crippen LogP contribution in [-0.2, 0) is 29.0 Å². The summed E-state index contributed by atoms with van der Waals surface area (Å²) >= 11 is 0. The molecule has 6 aliphatic rings. The second-order valence-electron chi connectivity index (χ2n) is 12.4. The molecule has 1 aromatic rings. The molecule has 3 heterocycles. The van der Waals surface area contributed by atoms with Crippen LogP contribution < -0.4 is 0 Å². The number of rotatable bonds is 6. The van der Waals surface area contributed by atoms with E-state index in [1.165, 1.54) is 4.31 Å². The quantitative estimate of drug-likeness (QED) is 0.530. The van der Waals surface area contributed by atoms with E-state index in [-0.39, 0.29) is 52.6 Å². The van der Waals surface area contributed by atoms with E-state index in [4.69, 9.17) is 14.2 Å². The molecule has 8 heteroatoms. The molecule has 7 nitrogen and oxygen atoms in total. The van der Waals surface area contributed by atoms with Crippen LogP contribution >= 0.6 is 0 Å². The van der Waals surface area contributed by atoms with Gasteiger partial charge >= 0.3 is 0 Å². The van der Waals surface area contributed by atoms with Crippen LogP contribution in [0.1, 0.15) is 38.7 Å². The second-order valence-corrected chi connectivity index (χ2v) is 14.2. The molecule has 7 rings (SSSR count). The maximum Gasteiger partial charge on any atom is 0.264 e. The number of fused-ring (bicyclic) bond motifs is 6. The van der Waals surface area contributed by atoms with E-state index in [0.29, 0.717) is 24.7 Å². The molecule has 1 amide bonds. The van der Waals surface area contributed by atoms with Crippen LogP contribution in [0.5, 0.6) is 0 Å². The van der Waals surface area contributed by atoms with Crippen molar-refractivity contribution in [2.75, 3.05) is 33.2 Å². The van der Waals surface area contributed by atoms with Gasteiger partial charge in [-0.05, 0) is 52.9 Å². The van der Waals surface area contributed by atoms with Crippen LogP contribution in [0.25, 0.3) is 5.57 Å². The summed E-state index contributed by atoms with van der Waals surface area (Å²) in [5.41, 5.74) is 4.22. The summed E-state index contributed by atoms with van der Waals surface area (Å²) in [7, 11) is -0.385. The molecule has 37 heavy (non-hydrogen) atoms. The molecular formula is C29H35NO6S. The van der Waals surface area contributed by atoms with Gasteiger partial charge in [0.2, 0.25) is 10.0 Å². The molecule has 1 spiro atoms. The molecule has 7 atom stereocenters. The molecule has 198 valence electrons. The predicted octanol–water partition coefficient (Wildman–Crippen LogP) is 3.42. The third-order valence-electron chi connectivity index (χ3n) is 10.9. The number of benzene rings is 1.